The fourth-order valence-electron chi connectivity index (χ4n) is 6.72. The summed E-state index contributed by atoms with van der Waals surface area (Å²) in [5.41, 5.74) is 5.60. The molecule has 0 fully saturated rings. The summed E-state index contributed by atoms with van der Waals surface area (Å²) in [5, 5.41) is 22.2. The number of aromatic nitrogens is 5. The second-order valence-electron chi connectivity index (χ2n) is 13.6. The van der Waals surface area contributed by atoms with Crippen LogP contribution in [0.25, 0.3) is 21.5 Å². The van der Waals surface area contributed by atoms with Crippen LogP contribution in [0.3, 0.4) is 0 Å². The molecule has 0 radical (unpaired) electrons. The molecule has 8 nitrogen and oxygen atoms in total. The summed E-state index contributed by atoms with van der Waals surface area (Å²) in [6.45, 7) is 6.91. The van der Waals surface area contributed by atoms with E-state index in [1.807, 2.05) is 48.7 Å². The Labute approximate surface area is 282 Å². The van der Waals surface area contributed by atoms with Crippen molar-refractivity contribution in [2.75, 3.05) is 0 Å². The van der Waals surface area contributed by atoms with E-state index < -0.39 is 17.2 Å². The molecule has 48 heavy (non-hydrogen) atoms. The number of aromatic amines is 1. The zero-order chi connectivity index (χ0) is 33.5. The third-order valence-corrected chi connectivity index (χ3v) is 10.6. The normalized spacial score (nSPS) is 17.9. The van der Waals surface area contributed by atoms with Gasteiger partial charge in [0.15, 0.2) is 11.6 Å². The number of rotatable bonds is 4. The summed E-state index contributed by atoms with van der Waals surface area (Å²) < 4.78 is 23.9. The summed E-state index contributed by atoms with van der Waals surface area (Å²) in [7, 11) is 0. The third-order valence-electron chi connectivity index (χ3n) is 9.71. The van der Waals surface area contributed by atoms with E-state index in [1.165, 1.54) is 6.07 Å². The van der Waals surface area contributed by atoms with Crippen LogP contribution in [-0.2, 0) is 28.6 Å². The van der Waals surface area contributed by atoms with Gasteiger partial charge in [-0.15, -0.1) is 16.4 Å². The van der Waals surface area contributed by atoms with Crippen molar-refractivity contribution >= 4 is 28.2 Å². The van der Waals surface area contributed by atoms with Crippen molar-refractivity contribution in [2.24, 2.45) is 0 Å². The number of carboxylic acid groups (broad SMARTS) is 1. The number of ether oxygens (including phenoxy) is 1. The van der Waals surface area contributed by atoms with Crippen LogP contribution in [0, 0.1) is 5.82 Å². The molecule has 1 aliphatic heterocycles. The van der Waals surface area contributed by atoms with E-state index >= 15 is 4.39 Å². The van der Waals surface area contributed by atoms with E-state index in [0.717, 1.165) is 64.2 Å². The number of halogens is 1. The Morgan fingerprint density at radius 3 is 2.75 bits per heavy atom. The van der Waals surface area contributed by atoms with Gasteiger partial charge in [-0.05, 0) is 55.5 Å². The maximum Gasteiger partial charge on any atom is 0.303 e. The Bertz CT molecular complexity index is 2110. The first-order valence-corrected chi connectivity index (χ1v) is 17.2. The molecule has 0 spiro atoms. The predicted octanol–water partition coefficient (Wildman–Crippen LogP) is 9.04. The smallest absolute Gasteiger partial charge is 0.303 e. The quantitative estimate of drug-likeness (QED) is 0.195. The lowest BCUT2D eigenvalue weighted by molar-refractivity contribution is -0.136. The lowest BCUT2D eigenvalue weighted by atomic mass is 9.74. The molecule has 2 N–H and O–H groups in total. The molecule has 1 atom stereocenters. The van der Waals surface area contributed by atoms with Gasteiger partial charge >= 0.3 is 5.97 Å². The van der Waals surface area contributed by atoms with Crippen LogP contribution in [-0.4, -0.2) is 36.0 Å². The minimum absolute atomic E-state index is 0.0869. The molecule has 3 aromatic carbocycles. The largest absolute Gasteiger partial charge is 0.481 e. The lowest BCUT2D eigenvalue weighted by Crippen LogP contribution is -2.25. The molecule has 6 aromatic rings. The molecule has 10 heteroatoms. The van der Waals surface area contributed by atoms with Crippen LogP contribution in [0.15, 0.2) is 78.4 Å². The van der Waals surface area contributed by atoms with Crippen LogP contribution in [0.5, 0.6) is 11.5 Å². The number of thiazole rings is 1. The predicted molar refractivity (Wildman–Crippen MR) is 185 cm³/mol. The molecule has 0 saturated carbocycles. The van der Waals surface area contributed by atoms with Gasteiger partial charge in [0.25, 0.3) is 0 Å². The number of benzene rings is 3. The number of carbonyl (C=O) groups is 1. The van der Waals surface area contributed by atoms with E-state index in [0.29, 0.717) is 29.8 Å². The average molecular weight is 664 g/mol. The van der Waals surface area contributed by atoms with Gasteiger partial charge in [0.1, 0.15) is 10.8 Å². The lowest BCUT2D eigenvalue weighted by Gasteiger charge is -2.30. The zero-order valence-electron chi connectivity index (χ0n) is 27.3. The third kappa shape index (κ3) is 6.24. The van der Waals surface area contributed by atoms with Gasteiger partial charge in [-0.3, -0.25) is 4.79 Å². The van der Waals surface area contributed by atoms with Gasteiger partial charge in [-0.2, -0.15) is 0 Å². The highest BCUT2D eigenvalue weighted by atomic mass is 32.1. The number of nitrogens with one attached hydrogen (secondary N) is 1. The fraction of sp³-hybridized carbons (Fsp3) is 0.316. The van der Waals surface area contributed by atoms with E-state index in [4.69, 9.17) is 9.72 Å². The second-order valence-corrected chi connectivity index (χ2v) is 14.4. The molecule has 1 aliphatic rings. The van der Waals surface area contributed by atoms with Crippen molar-refractivity contribution in [3.05, 3.63) is 112 Å². The Morgan fingerprint density at radius 2 is 1.90 bits per heavy atom. The van der Waals surface area contributed by atoms with Gasteiger partial charge in [0.05, 0.1) is 17.9 Å². The molecule has 246 valence electrons. The van der Waals surface area contributed by atoms with E-state index in [2.05, 4.69) is 53.6 Å². The van der Waals surface area contributed by atoms with E-state index in [1.54, 1.807) is 22.2 Å². The summed E-state index contributed by atoms with van der Waals surface area (Å²) in [5.74, 6) is -0.606. The summed E-state index contributed by atoms with van der Waals surface area (Å²) in [4.78, 5) is 19.6. The molecule has 1 unspecified atom stereocenters. The molecule has 7 rings (SSSR count). The highest BCUT2D eigenvalue weighted by Gasteiger charge is 2.33. The van der Waals surface area contributed by atoms with Crippen molar-refractivity contribution in [1.82, 2.24) is 25.0 Å². The molecular formula is C38H38FN5O3S. The first kappa shape index (κ1) is 31.8. The van der Waals surface area contributed by atoms with Crippen LogP contribution in [0.4, 0.5) is 4.39 Å². The van der Waals surface area contributed by atoms with Gasteiger partial charge in [-0.1, -0.05) is 68.3 Å². The average Bonchev–Trinajstić information content (AvgIpc) is 3.86. The number of aryl methyl sites for hydroxylation is 1. The minimum atomic E-state index is -0.805. The number of nitrogens with zero attached hydrogens (tertiary/aromatic N) is 4. The summed E-state index contributed by atoms with van der Waals surface area (Å²) in [6.07, 6.45) is 8.03. The first-order chi connectivity index (χ1) is 23.1. The molecule has 0 saturated heterocycles. The maximum atomic E-state index is 15.8. The number of aliphatic carboxylic acids is 1. The SMILES string of the molecule is CC1(C)CCCCC(C)(c2cccc(CCC(=O)O)c2)c2csc(n2)-c2cccc(c2)Oc2c(F)cc3[nH]ccc3c2Cn2cc1nn2. The number of hydrogen-bond acceptors (Lipinski definition) is 6. The van der Waals surface area contributed by atoms with Gasteiger partial charge in [0.2, 0.25) is 0 Å². The van der Waals surface area contributed by atoms with Crippen molar-refractivity contribution in [2.45, 2.75) is 76.7 Å². The van der Waals surface area contributed by atoms with Crippen LogP contribution in [0.2, 0.25) is 0 Å². The van der Waals surface area contributed by atoms with Crippen molar-refractivity contribution in [1.29, 1.82) is 0 Å². The Morgan fingerprint density at radius 1 is 1.06 bits per heavy atom. The standard InChI is InChI=1S/C38H38FN5O3S/c1-37(2)15-4-5-16-38(3,26-10-6-8-24(18-26)12-13-34(45)46)33-23-48-36(41-33)25-9-7-11-27(19-25)47-35-29(21-44-22-32(37)42-43-44)28-14-17-40-31(28)20-30(35)39/h6-11,14,17-20,22-23,40H,4-5,12-13,15-16,21H2,1-3H3,(H,45,46). The first-order valence-electron chi connectivity index (χ1n) is 16.3. The molecule has 4 heterocycles. The highest BCUT2D eigenvalue weighted by molar-refractivity contribution is 7.13. The van der Waals surface area contributed by atoms with Gasteiger partial charge < -0.3 is 14.8 Å². The Kier molecular flexibility index (Phi) is 8.37. The second kappa shape index (κ2) is 12.6. The topological polar surface area (TPSA) is 106 Å². The number of H-pyrrole nitrogens is 1. The van der Waals surface area contributed by atoms with Gasteiger partial charge in [0, 0.05) is 63.1 Å². The molecular weight excluding hydrogens is 626 g/mol. The molecule has 0 amide bonds. The van der Waals surface area contributed by atoms with E-state index in [9.17, 15) is 9.90 Å². The maximum absolute atomic E-state index is 15.8. The Balaban J connectivity index is 1.32. The van der Waals surface area contributed by atoms with Gasteiger partial charge in [-0.25, -0.2) is 14.1 Å². The van der Waals surface area contributed by atoms with Crippen molar-refractivity contribution in [3.8, 4) is 22.1 Å². The van der Waals surface area contributed by atoms with E-state index in [-0.39, 0.29) is 17.6 Å². The van der Waals surface area contributed by atoms with Crippen molar-refractivity contribution < 1.29 is 19.0 Å². The summed E-state index contributed by atoms with van der Waals surface area (Å²) in [6, 6.07) is 19.3. The molecule has 6 bridgehead atoms. The minimum Gasteiger partial charge on any atom is -0.481 e. The zero-order valence-corrected chi connectivity index (χ0v) is 28.1. The number of fused-ring (bicyclic) bond motifs is 10. The number of carboxylic acids is 1. The molecule has 3 aromatic heterocycles. The fourth-order valence-corrected chi connectivity index (χ4v) is 7.67. The van der Waals surface area contributed by atoms with Crippen LogP contribution >= 0.6 is 11.3 Å². The van der Waals surface area contributed by atoms with Crippen LogP contribution < -0.4 is 4.74 Å². The van der Waals surface area contributed by atoms with Crippen molar-refractivity contribution in [3.63, 3.8) is 0 Å². The monoisotopic (exact) mass is 663 g/mol. The van der Waals surface area contributed by atoms with Crippen LogP contribution in [0.1, 0.15) is 81.0 Å². The Hall–Kier alpha value is -4.83. The summed E-state index contributed by atoms with van der Waals surface area (Å²) >= 11 is 1.57. The molecule has 0 aliphatic carbocycles. The number of hydrogen-bond donors (Lipinski definition) is 2. The highest BCUT2D eigenvalue weighted by Crippen LogP contribution is 2.42.